The van der Waals surface area contributed by atoms with Crippen molar-refractivity contribution in [1.29, 1.82) is 0 Å². The second-order valence-corrected chi connectivity index (χ2v) is 8.21. The molecule has 0 unspecified atom stereocenters. The van der Waals surface area contributed by atoms with Gasteiger partial charge in [-0.3, -0.25) is 5.10 Å². The molecule has 33 heavy (non-hydrogen) atoms. The highest BCUT2D eigenvalue weighted by atomic mass is 16.5. The SMILES string of the molecule is Cc1cccc(-c2ccn(-c3nc(N4CCOCC4)c4oc(-c5cc(C)n[nH]5)cc4n3)n2)c1. The minimum absolute atomic E-state index is 0.496. The predicted octanol–water partition coefficient (Wildman–Crippen LogP) is 3.92. The molecule has 0 spiro atoms. The lowest BCUT2D eigenvalue weighted by molar-refractivity contribution is 0.122. The van der Waals surface area contributed by atoms with Crippen LogP contribution >= 0.6 is 0 Å². The van der Waals surface area contributed by atoms with Crippen molar-refractivity contribution in [3.05, 3.63) is 59.9 Å². The first kappa shape index (κ1) is 19.7. The van der Waals surface area contributed by atoms with Gasteiger partial charge in [-0.25, -0.2) is 9.67 Å². The standard InChI is InChI=1S/C24H23N7O2/c1-15-4-3-5-17(12-15)18-6-7-31(29-18)24-25-20-14-21(19-13-16(2)27-28-19)33-22(20)23(26-24)30-8-10-32-11-9-30/h3-7,12-14H,8-11H2,1-2H3,(H,27,28). The zero-order valence-corrected chi connectivity index (χ0v) is 18.4. The summed E-state index contributed by atoms with van der Waals surface area (Å²) in [5.74, 6) is 1.91. The Morgan fingerprint density at radius 2 is 1.88 bits per heavy atom. The van der Waals surface area contributed by atoms with Crippen molar-refractivity contribution in [2.24, 2.45) is 0 Å². The highest BCUT2D eigenvalue weighted by molar-refractivity contribution is 5.88. The number of aromatic amines is 1. The van der Waals surface area contributed by atoms with Gasteiger partial charge in [0, 0.05) is 30.9 Å². The van der Waals surface area contributed by atoms with Crippen LogP contribution < -0.4 is 4.90 Å². The topological polar surface area (TPSA) is 97.9 Å². The van der Waals surface area contributed by atoms with Crippen molar-refractivity contribution in [1.82, 2.24) is 29.9 Å². The van der Waals surface area contributed by atoms with Crippen LogP contribution in [0.5, 0.6) is 0 Å². The van der Waals surface area contributed by atoms with E-state index in [1.54, 1.807) is 4.68 Å². The Morgan fingerprint density at radius 3 is 2.67 bits per heavy atom. The summed E-state index contributed by atoms with van der Waals surface area (Å²) in [5.41, 5.74) is 6.19. The number of hydrogen-bond donors (Lipinski definition) is 1. The van der Waals surface area contributed by atoms with Crippen molar-refractivity contribution in [3.8, 4) is 28.7 Å². The molecule has 9 nitrogen and oxygen atoms in total. The van der Waals surface area contributed by atoms with Gasteiger partial charge < -0.3 is 14.1 Å². The Morgan fingerprint density at radius 1 is 1.00 bits per heavy atom. The van der Waals surface area contributed by atoms with Gasteiger partial charge >= 0.3 is 0 Å². The minimum atomic E-state index is 0.496. The Labute approximate surface area is 190 Å². The van der Waals surface area contributed by atoms with Gasteiger partial charge in [-0.1, -0.05) is 23.8 Å². The van der Waals surface area contributed by atoms with Crippen molar-refractivity contribution < 1.29 is 9.15 Å². The number of furan rings is 1. The number of aryl methyl sites for hydroxylation is 2. The van der Waals surface area contributed by atoms with Gasteiger partial charge in [0.2, 0.25) is 0 Å². The Kier molecular flexibility index (Phi) is 4.69. The van der Waals surface area contributed by atoms with Crippen molar-refractivity contribution >= 4 is 16.9 Å². The Hall–Kier alpha value is -3.98. The zero-order valence-electron chi connectivity index (χ0n) is 18.4. The number of fused-ring (bicyclic) bond motifs is 1. The molecule has 4 aromatic heterocycles. The zero-order chi connectivity index (χ0) is 22.4. The molecular weight excluding hydrogens is 418 g/mol. The highest BCUT2D eigenvalue weighted by Gasteiger charge is 2.22. The van der Waals surface area contributed by atoms with Gasteiger partial charge in [0.05, 0.1) is 24.6 Å². The third-order valence-corrected chi connectivity index (χ3v) is 5.73. The molecule has 0 radical (unpaired) electrons. The number of rotatable bonds is 4. The number of morpholine rings is 1. The summed E-state index contributed by atoms with van der Waals surface area (Å²) >= 11 is 0. The van der Waals surface area contributed by atoms with E-state index in [9.17, 15) is 0 Å². The molecule has 1 aliphatic rings. The maximum Gasteiger partial charge on any atom is 0.253 e. The lowest BCUT2D eigenvalue weighted by Gasteiger charge is -2.27. The number of H-pyrrole nitrogens is 1. The first-order valence-electron chi connectivity index (χ1n) is 10.9. The Balaban J connectivity index is 1.47. The van der Waals surface area contributed by atoms with Gasteiger partial charge in [0.15, 0.2) is 17.2 Å². The maximum absolute atomic E-state index is 6.22. The summed E-state index contributed by atoms with van der Waals surface area (Å²) in [7, 11) is 0. The van der Waals surface area contributed by atoms with Crippen molar-refractivity contribution in [2.75, 3.05) is 31.2 Å². The van der Waals surface area contributed by atoms with Crippen LogP contribution in [-0.4, -0.2) is 56.2 Å². The molecule has 0 atom stereocenters. The number of aromatic nitrogens is 6. The fraction of sp³-hybridized carbons (Fsp3) is 0.250. The van der Waals surface area contributed by atoms with Gasteiger partial charge in [-0.05, 0) is 32.0 Å². The summed E-state index contributed by atoms with van der Waals surface area (Å²) in [4.78, 5) is 11.8. The molecule has 166 valence electrons. The molecule has 5 heterocycles. The molecule has 0 bridgehead atoms. The lowest BCUT2D eigenvalue weighted by atomic mass is 10.1. The van der Waals surface area contributed by atoms with E-state index in [0.29, 0.717) is 30.5 Å². The van der Waals surface area contributed by atoms with E-state index in [1.165, 1.54) is 5.56 Å². The van der Waals surface area contributed by atoms with E-state index in [4.69, 9.17) is 24.2 Å². The fourth-order valence-electron chi connectivity index (χ4n) is 4.07. The normalized spacial score (nSPS) is 14.3. The number of ether oxygens (including phenoxy) is 1. The van der Waals surface area contributed by atoms with Gasteiger partial charge in [0.1, 0.15) is 11.2 Å². The van der Waals surface area contributed by atoms with Gasteiger partial charge in [0.25, 0.3) is 5.95 Å². The fourth-order valence-corrected chi connectivity index (χ4v) is 4.07. The van der Waals surface area contributed by atoms with Crippen LogP contribution in [0.3, 0.4) is 0 Å². The summed E-state index contributed by atoms with van der Waals surface area (Å²) in [6, 6.07) is 14.1. The van der Waals surface area contributed by atoms with E-state index in [-0.39, 0.29) is 0 Å². The minimum Gasteiger partial charge on any atom is -0.449 e. The van der Waals surface area contributed by atoms with Crippen LogP contribution in [0.4, 0.5) is 5.82 Å². The van der Waals surface area contributed by atoms with Gasteiger partial charge in [-0.2, -0.15) is 15.2 Å². The summed E-state index contributed by atoms with van der Waals surface area (Å²) < 4.78 is 13.5. The molecular formula is C24H23N7O2. The molecule has 0 saturated carbocycles. The third-order valence-electron chi connectivity index (χ3n) is 5.73. The van der Waals surface area contributed by atoms with Crippen LogP contribution in [0.15, 0.2) is 53.1 Å². The van der Waals surface area contributed by atoms with E-state index in [2.05, 4.69) is 40.2 Å². The molecule has 1 aromatic carbocycles. The molecule has 1 aliphatic heterocycles. The number of nitrogens with one attached hydrogen (secondary N) is 1. The summed E-state index contributed by atoms with van der Waals surface area (Å²) in [6.45, 7) is 6.77. The number of benzene rings is 1. The molecule has 0 amide bonds. The van der Waals surface area contributed by atoms with Crippen LogP contribution in [0.1, 0.15) is 11.3 Å². The van der Waals surface area contributed by atoms with Crippen molar-refractivity contribution in [3.63, 3.8) is 0 Å². The van der Waals surface area contributed by atoms with Crippen LogP contribution in [-0.2, 0) is 4.74 Å². The molecule has 5 aromatic rings. The van der Waals surface area contributed by atoms with Gasteiger partial charge in [-0.15, -0.1) is 0 Å². The number of anilines is 1. The van der Waals surface area contributed by atoms with Crippen LogP contribution in [0.2, 0.25) is 0 Å². The number of hydrogen-bond acceptors (Lipinski definition) is 7. The summed E-state index contributed by atoms with van der Waals surface area (Å²) in [5, 5.41) is 12.0. The van der Waals surface area contributed by atoms with Crippen LogP contribution in [0.25, 0.3) is 39.8 Å². The largest absolute Gasteiger partial charge is 0.449 e. The lowest BCUT2D eigenvalue weighted by Crippen LogP contribution is -2.37. The van der Waals surface area contributed by atoms with E-state index in [1.807, 2.05) is 37.4 Å². The van der Waals surface area contributed by atoms with E-state index in [0.717, 1.165) is 47.1 Å². The third kappa shape index (κ3) is 3.66. The second kappa shape index (κ2) is 7.86. The quantitative estimate of drug-likeness (QED) is 0.451. The molecule has 9 heteroatoms. The summed E-state index contributed by atoms with van der Waals surface area (Å²) in [6.07, 6.45) is 1.89. The van der Waals surface area contributed by atoms with Crippen LogP contribution in [0, 0.1) is 13.8 Å². The first-order valence-corrected chi connectivity index (χ1v) is 10.9. The molecule has 0 aliphatic carbocycles. The smallest absolute Gasteiger partial charge is 0.253 e. The average molecular weight is 441 g/mol. The molecule has 1 saturated heterocycles. The molecule has 1 fully saturated rings. The van der Waals surface area contributed by atoms with E-state index >= 15 is 0 Å². The monoisotopic (exact) mass is 441 g/mol. The predicted molar refractivity (Wildman–Crippen MR) is 124 cm³/mol. The maximum atomic E-state index is 6.22. The first-order chi connectivity index (χ1) is 16.1. The van der Waals surface area contributed by atoms with Crippen molar-refractivity contribution in [2.45, 2.75) is 13.8 Å². The average Bonchev–Trinajstić information content (AvgIpc) is 3.58. The number of nitrogens with zero attached hydrogens (tertiary/aromatic N) is 6. The second-order valence-electron chi connectivity index (χ2n) is 8.21. The Bertz CT molecular complexity index is 1440. The molecule has 6 rings (SSSR count). The van der Waals surface area contributed by atoms with E-state index < -0.39 is 0 Å². The highest BCUT2D eigenvalue weighted by Crippen LogP contribution is 2.32. The molecule has 1 N–H and O–H groups in total.